The van der Waals surface area contributed by atoms with Crippen LogP contribution in [0.3, 0.4) is 0 Å². The van der Waals surface area contributed by atoms with Crippen molar-refractivity contribution in [2.45, 2.75) is 45.7 Å². The highest BCUT2D eigenvalue weighted by Gasteiger charge is 2.25. The first-order chi connectivity index (χ1) is 8.20. The minimum absolute atomic E-state index is 0.283. The van der Waals surface area contributed by atoms with Crippen molar-refractivity contribution in [1.29, 1.82) is 0 Å². The molecule has 0 radical (unpaired) electrons. The highest BCUT2D eigenvalue weighted by Crippen LogP contribution is 2.21. The van der Waals surface area contributed by atoms with Gasteiger partial charge in [0.25, 0.3) is 0 Å². The first-order valence-corrected chi connectivity index (χ1v) is 6.60. The topological polar surface area (TPSA) is 41.3 Å². The lowest BCUT2D eigenvalue weighted by atomic mass is 10.1. The molecule has 2 heterocycles. The van der Waals surface area contributed by atoms with Gasteiger partial charge in [0.1, 0.15) is 5.76 Å². The first-order valence-electron chi connectivity index (χ1n) is 6.60. The quantitative estimate of drug-likeness (QED) is 0.871. The monoisotopic (exact) mass is 237 g/mol. The van der Waals surface area contributed by atoms with Gasteiger partial charge in [-0.25, -0.2) is 4.98 Å². The van der Waals surface area contributed by atoms with Crippen molar-refractivity contribution in [3.8, 4) is 0 Å². The van der Waals surface area contributed by atoms with E-state index in [4.69, 9.17) is 4.42 Å². The van der Waals surface area contributed by atoms with Crippen LogP contribution in [-0.4, -0.2) is 35.6 Å². The van der Waals surface area contributed by atoms with Crippen molar-refractivity contribution in [2.24, 2.45) is 0 Å². The molecule has 1 aliphatic rings. The Hall–Kier alpha value is -0.870. The molecule has 0 aromatic carbocycles. The molecule has 2 atom stereocenters. The summed E-state index contributed by atoms with van der Waals surface area (Å²) in [5, 5.41) is 3.57. The van der Waals surface area contributed by atoms with Gasteiger partial charge in [0, 0.05) is 25.7 Å². The maximum atomic E-state index is 5.62. The Morgan fingerprint density at radius 2 is 2.47 bits per heavy atom. The van der Waals surface area contributed by atoms with Crippen molar-refractivity contribution in [1.82, 2.24) is 15.2 Å². The van der Waals surface area contributed by atoms with Crippen molar-refractivity contribution < 1.29 is 4.42 Å². The number of aryl methyl sites for hydroxylation is 1. The number of nitrogens with one attached hydrogen (secondary N) is 1. The second kappa shape index (κ2) is 5.65. The zero-order valence-electron chi connectivity index (χ0n) is 11.1. The molecule has 17 heavy (non-hydrogen) atoms. The molecule has 2 unspecified atom stereocenters. The lowest BCUT2D eigenvalue weighted by molar-refractivity contribution is 0.131. The van der Waals surface area contributed by atoms with E-state index in [9.17, 15) is 0 Å². The van der Waals surface area contributed by atoms with E-state index in [1.807, 2.05) is 6.92 Å². The Morgan fingerprint density at radius 3 is 3.12 bits per heavy atom. The molecule has 1 aromatic heterocycles. The molecule has 4 nitrogen and oxygen atoms in total. The van der Waals surface area contributed by atoms with E-state index in [0.29, 0.717) is 6.04 Å². The fourth-order valence-corrected chi connectivity index (χ4v) is 2.47. The number of oxazole rings is 1. The molecular weight excluding hydrogens is 214 g/mol. The second-order valence-corrected chi connectivity index (χ2v) is 4.92. The van der Waals surface area contributed by atoms with Gasteiger partial charge in [-0.15, -0.1) is 0 Å². The first kappa shape index (κ1) is 12.6. The highest BCUT2D eigenvalue weighted by atomic mass is 16.4. The van der Waals surface area contributed by atoms with Crippen LogP contribution in [0, 0.1) is 6.92 Å². The summed E-state index contributed by atoms with van der Waals surface area (Å²) in [5.41, 5.74) is 0. The minimum Gasteiger partial charge on any atom is -0.444 e. The van der Waals surface area contributed by atoms with Crippen LogP contribution in [-0.2, 0) is 0 Å². The number of aromatic nitrogens is 1. The van der Waals surface area contributed by atoms with Gasteiger partial charge in [0.05, 0.1) is 12.2 Å². The Kier molecular flexibility index (Phi) is 4.18. The van der Waals surface area contributed by atoms with Gasteiger partial charge in [-0.3, -0.25) is 4.90 Å². The lowest BCUT2D eigenvalue weighted by Gasteiger charge is -2.36. The molecule has 0 aliphatic carbocycles. The van der Waals surface area contributed by atoms with E-state index in [1.54, 1.807) is 6.20 Å². The second-order valence-electron chi connectivity index (χ2n) is 4.92. The number of piperazine rings is 1. The fraction of sp³-hybridized carbons (Fsp3) is 0.769. The van der Waals surface area contributed by atoms with E-state index in [0.717, 1.165) is 31.3 Å². The molecule has 96 valence electrons. The normalized spacial score (nSPS) is 23.8. The number of hydrogen-bond acceptors (Lipinski definition) is 4. The van der Waals surface area contributed by atoms with E-state index >= 15 is 0 Å². The third-order valence-electron chi connectivity index (χ3n) is 3.47. The van der Waals surface area contributed by atoms with Crippen LogP contribution in [0.15, 0.2) is 10.6 Å². The summed E-state index contributed by atoms with van der Waals surface area (Å²) in [6, 6.07) is 0.900. The van der Waals surface area contributed by atoms with Crippen LogP contribution < -0.4 is 5.32 Å². The standard InChI is InChI=1S/C13H23N3O/c1-4-5-12-9-16(7-6-14-12)11(3)13-15-8-10(2)17-13/h8,11-12,14H,4-7,9H2,1-3H3. The van der Waals surface area contributed by atoms with E-state index in [1.165, 1.54) is 12.8 Å². The minimum atomic E-state index is 0.283. The van der Waals surface area contributed by atoms with Gasteiger partial charge < -0.3 is 9.73 Å². The van der Waals surface area contributed by atoms with Crippen LogP contribution in [0.2, 0.25) is 0 Å². The lowest BCUT2D eigenvalue weighted by Crippen LogP contribution is -2.51. The molecule has 0 spiro atoms. The number of nitrogens with zero attached hydrogens (tertiary/aromatic N) is 2. The number of hydrogen-bond donors (Lipinski definition) is 1. The summed E-state index contributed by atoms with van der Waals surface area (Å²) < 4.78 is 5.62. The van der Waals surface area contributed by atoms with Gasteiger partial charge in [0.15, 0.2) is 0 Å². The van der Waals surface area contributed by atoms with Crippen LogP contribution in [0.25, 0.3) is 0 Å². The van der Waals surface area contributed by atoms with E-state index in [2.05, 4.69) is 29.0 Å². The Labute approximate surface area is 103 Å². The average Bonchev–Trinajstić information content (AvgIpc) is 2.76. The zero-order chi connectivity index (χ0) is 12.3. The van der Waals surface area contributed by atoms with Gasteiger partial charge in [-0.05, 0) is 20.3 Å². The SMILES string of the molecule is CCCC1CN(C(C)c2ncc(C)o2)CCN1. The molecule has 1 aromatic rings. The van der Waals surface area contributed by atoms with Crippen molar-refractivity contribution in [3.63, 3.8) is 0 Å². The summed E-state index contributed by atoms with van der Waals surface area (Å²) in [6.45, 7) is 9.59. The van der Waals surface area contributed by atoms with E-state index in [-0.39, 0.29) is 6.04 Å². The van der Waals surface area contributed by atoms with Crippen LogP contribution in [0.4, 0.5) is 0 Å². The van der Waals surface area contributed by atoms with Gasteiger partial charge in [0.2, 0.25) is 5.89 Å². The summed E-state index contributed by atoms with van der Waals surface area (Å²) in [7, 11) is 0. The molecule has 1 saturated heterocycles. The van der Waals surface area contributed by atoms with Crippen molar-refractivity contribution in [3.05, 3.63) is 17.8 Å². The zero-order valence-corrected chi connectivity index (χ0v) is 11.1. The molecule has 1 fully saturated rings. The van der Waals surface area contributed by atoms with Crippen molar-refractivity contribution >= 4 is 0 Å². The van der Waals surface area contributed by atoms with Gasteiger partial charge >= 0.3 is 0 Å². The third-order valence-corrected chi connectivity index (χ3v) is 3.47. The summed E-state index contributed by atoms with van der Waals surface area (Å²) in [6.07, 6.45) is 4.28. The Morgan fingerprint density at radius 1 is 1.65 bits per heavy atom. The van der Waals surface area contributed by atoms with Crippen LogP contribution in [0.1, 0.15) is 44.4 Å². The maximum absolute atomic E-state index is 5.62. The molecule has 1 N–H and O–H groups in total. The largest absolute Gasteiger partial charge is 0.444 e. The maximum Gasteiger partial charge on any atom is 0.211 e. The van der Waals surface area contributed by atoms with Crippen molar-refractivity contribution in [2.75, 3.05) is 19.6 Å². The van der Waals surface area contributed by atoms with Gasteiger partial charge in [-0.2, -0.15) is 0 Å². The predicted molar refractivity (Wildman–Crippen MR) is 67.9 cm³/mol. The summed E-state index contributed by atoms with van der Waals surface area (Å²) >= 11 is 0. The molecular formula is C13H23N3O. The molecule has 1 aliphatic heterocycles. The van der Waals surface area contributed by atoms with Gasteiger partial charge in [-0.1, -0.05) is 13.3 Å². The molecule has 2 rings (SSSR count). The van der Waals surface area contributed by atoms with Crippen LogP contribution >= 0.6 is 0 Å². The molecule has 0 saturated carbocycles. The molecule has 0 bridgehead atoms. The third kappa shape index (κ3) is 3.07. The molecule has 4 heteroatoms. The average molecular weight is 237 g/mol. The smallest absolute Gasteiger partial charge is 0.211 e. The molecule has 0 amide bonds. The Bertz CT molecular complexity index is 348. The van der Waals surface area contributed by atoms with Crippen LogP contribution in [0.5, 0.6) is 0 Å². The summed E-state index contributed by atoms with van der Waals surface area (Å²) in [4.78, 5) is 6.79. The highest BCUT2D eigenvalue weighted by molar-refractivity contribution is 4.97. The fourth-order valence-electron chi connectivity index (χ4n) is 2.47. The van der Waals surface area contributed by atoms with E-state index < -0.39 is 0 Å². The number of rotatable bonds is 4. The Balaban J connectivity index is 1.97. The summed E-state index contributed by atoms with van der Waals surface area (Å²) in [5.74, 6) is 1.74. The predicted octanol–water partition coefficient (Wildman–Crippen LogP) is 2.12.